The molecule has 1 aromatic heterocycles. The first-order chi connectivity index (χ1) is 15.6. The summed E-state index contributed by atoms with van der Waals surface area (Å²) in [4.78, 5) is 15.4. The molecule has 1 atom stereocenters. The van der Waals surface area contributed by atoms with Gasteiger partial charge in [-0.3, -0.25) is 9.69 Å². The first-order valence-corrected chi connectivity index (χ1v) is 11.3. The Morgan fingerprint density at radius 1 is 1.06 bits per heavy atom. The van der Waals surface area contributed by atoms with Gasteiger partial charge < -0.3 is 10.1 Å². The predicted molar refractivity (Wildman–Crippen MR) is 126 cm³/mol. The minimum Gasteiger partial charge on any atom is -0.497 e. The van der Waals surface area contributed by atoms with E-state index in [0.29, 0.717) is 13.0 Å². The molecule has 1 fully saturated rings. The van der Waals surface area contributed by atoms with Gasteiger partial charge in [0.1, 0.15) is 5.75 Å². The molecule has 4 rings (SSSR count). The van der Waals surface area contributed by atoms with E-state index in [-0.39, 0.29) is 11.9 Å². The molecule has 0 spiro atoms. The molecule has 1 aliphatic rings. The lowest BCUT2D eigenvalue weighted by Gasteiger charge is -2.28. The molecular weight excluding hydrogens is 400 g/mol. The molecule has 0 saturated carbocycles. The minimum atomic E-state index is 0.0292. The number of methoxy groups -OCH3 is 1. The van der Waals surface area contributed by atoms with Crippen molar-refractivity contribution in [2.75, 3.05) is 26.7 Å². The molecule has 0 bridgehead atoms. The van der Waals surface area contributed by atoms with E-state index in [1.807, 2.05) is 61.0 Å². The van der Waals surface area contributed by atoms with E-state index >= 15 is 0 Å². The van der Waals surface area contributed by atoms with Crippen LogP contribution in [0.1, 0.15) is 41.4 Å². The van der Waals surface area contributed by atoms with Crippen molar-refractivity contribution in [1.29, 1.82) is 0 Å². The SMILES string of the molecule is COc1ccc([C@H](CNC(=O)Cc2c(C)nn(-c3ccccc3)c2C)N2CCCC2)cc1. The highest BCUT2D eigenvalue weighted by atomic mass is 16.5. The molecule has 2 heterocycles. The average Bonchev–Trinajstić information content (AvgIpc) is 3.45. The van der Waals surface area contributed by atoms with Gasteiger partial charge in [-0.2, -0.15) is 5.10 Å². The van der Waals surface area contributed by atoms with E-state index in [1.54, 1.807) is 7.11 Å². The highest BCUT2D eigenvalue weighted by Gasteiger charge is 2.24. The van der Waals surface area contributed by atoms with Crippen LogP contribution < -0.4 is 10.1 Å². The van der Waals surface area contributed by atoms with E-state index in [9.17, 15) is 4.79 Å². The molecule has 0 aliphatic carbocycles. The van der Waals surface area contributed by atoms with Gasteiger partial charge in [0.05, 0.1) is 31.0 Å². The molecule has 2 aromatic carbocycles. The van der Waals surface area contributed by atoms with Gasteiger partial charge in [0, 0.05) is 17.8 Å². The van der Waals surface area contributed by atoms with Gasteiger partial charge in [-0.15, -0.1) is 0 Å². The molecular formula is C26H32N4O2. The number of likely N-dealkylation sites (tertiary alicyclic amines) is 1. The maximum atomic E-state index is 12.9. The summed E-state index contributed by atoms with van der Waals surface area (Å²) in [7, 11) is 1.68. The predicted octanol–water partition coefficient (Wildman–Crippen LogP) is 3.99. The average molecular weight is 433 g/mol. The molecule has 32 heavy (non-hydrogen) atoms. The summed E-state index contributed by atoms with van der Waals surface area (Å²) in [6.07, 6.45) is 2.75. The van der Waals surface area contributed by atoms with Crippen LogP contribution in [0.15, 0.2) is 54.6 Å². The summed E-state index contributed by atoms with van der Waals surface area (Å²) in [5.41, 5.74) is 5.11. The highest BCUT2D eigenvalue weighted by Crippen LogP contribution is 2.26. The Morgan fingerprint density at radius 2 is 1.75 bits per heavy atom. The van der Waals surface area contributed by atoms with Gasteiger partial charge >= 0.3 is 0 Å². The lowest BCUT2D eigenvalue weighted by Crippen LogP contribution is -2.37. The van der Waals surface area contributed by atoms with Crippen molar-refractivity contribution in [2.24, 2.45) is 0 Å². The quantitative estimate of drug-likeness (QED) is 0.585. The fourth-order valence-corrected chi connectivity index (χ4v) is 4.52. The van der Waals surface area contributed by atoms with Crippen LogP contribution in [0.3, 0.4) is 0 Å². The van der Waals surface area contributed by atoms with Crippen molar-refractivity contribution in [3.63, 3.8) is 0 Å². The summed E-state index contributed by atoms with van der Waals surface area (Å²) in [5.74, 6) is 0.876. The summed E-state index contributed by atoms with van der Waals surface area (Å²) >= 11 is 0. The lowest BCUT2D eigenvalue weighted by molar-refractivity contribution is -0.120. The zero-order chi connectivity index (χ0) is 22.5. The van der Waals surface area contributed by atoms with Crippen LogP contribution in [0.4, 0.5) is 0 Å². The molecule has 1 aliphatic heterocycles. The number of nitrogens with one attached hydrogen (secondary N) is 1. The largest absolute Gasteiger partial charge is 0.497 e. The minimum absolute atomic E-state index is 0.0292. The standard InChI is InChI=1S/C26H32N4O2/c1-19-24(20(2)30(28-19)22-9-5-4-6-10-22)17-26(31)27-18-25(29-15-7-8-16-29)21-11-13-23(32-3)14-12-21/h4-6,9-14,25H,7-8,15-18H2,1-3H3,(H,27,31)/t25-/m0/s1. The van der Waals surface area contributed by atoms with Crippen LogP contribution in [-0.2, 0) is 11.2 Å². The summed E-state index contributed by atoms with van der Waals surface area (Å²) in [6, 6.07) is 18.4. The molecule has 6 nitrogen and oxygen atoms in total. The molecule has 0 unspecified atom stereocenters. The molecule has 168 valence electrons. The second kappa shape index (κ2) is 10.0. The molecule has 1 N–H and O–H groups in total. The highest BCUT2D eigenvalue weighted by molar-refractivity contribution is 5.79. The zero-order valence-electron chi connectivity index (χ0n) is 19.2. The molecule has 6 heteroatoms. The second-order valence-electron chi connectivity index (χ2n) is 8.41. The first-order valence-electron chi connectivity index (χ1n) is 11.3. The number of para-hydroxylation sites is 1. The first kappa shape index (κ1) is 22.1. The Bertz CT molecular complexity index is 1040. The Balaban J connectivity index is 1.45. The summed E-state index contributed by atoms with van der Waals surface area (Å²) in [5, 5.41) is 7.86. The Labute approximate surface area is 190 Å². The van der Waals surface area contributed by atoms with Crippen molar-refractivity contribution in [3.05, 3.63) is 77.1 Å². The van der Waals surface area contributed by atoms with Crippen molar-refractivity contribution in [1.82, 2.24) is 20.0 Å². The smallest absolute Gasteiger partial charge is 0.224 e. The summed E-state index contributed by atoms with van der Waals surface area (Å²) in [6.45, 7) is 6.72. The van der Waals surface area contributed by atoms with Crippen molar-refractivity contribution in [3.8, 4) is 11.4 Å². The number of hydrogen-bond donors (Lipinski definition) is 1. The van der Waals surface area contributed by atoms with Crippen molar-refractivity contribution < 1.29 is 9.53 Å². The van der Waals surface area contributed by atoms with E-state index in [2.05, 4.69) is 27.4 Å². The van der Waals surface area contributed by atoms with Crippen LogP contribution in [0.2, 0.25) is 0 Å². The summed E-state index contributed by atoms with van der Waals surface area (Å²) < 4.78 is 7.22. The van der Waals surface area contributed by atoms with Crippen LogP contribution in [0.5, 0.6) is 5.75 Å². The Morgan fingerprint density at radius 3 is 2.41 bits per heavy atom. The maximum Gasteiger partial charge on any atom is 0.224 e. The van der Waals surface area contributed by atoms with Gasteiger partial charge in [-0.1, -0.05) is 30.3 Å². The molecule has 1 saturated heterocycles. The van der Waals surface area contributed by atoms with Gasteiger partial charge in [0.2, 0.25) is 5.91 Å². The van der Waals surface area contributed by atoms with Gasteiger partial charge in [-0.25, -0.2) is 4.68 Å². The van der Waals surface area contributed by atoms with Gasteiger partial charge in [-0.05, 0) is 69.6 Å². The maximum absolute atomic E-state index is 12.9. The number of aromatic nitrogens is 2. The molecule has 3 aromatic rings. The van der Waals surface area contributed by atoms with Gasteiger partial charge in [0.25, 0.3) is 0 Å². The van der Waals surface area contributed by atoms with Crippen LogP contribution in [0, 0.1) is 13.8 Å². The number of rotatable bonds is 8. The van der Waals surface area contributed by atoms with Crippen LogP contribution in [-0.4, -0.2) is 47.3 Å². The Hall–Kier alpha value is -3.12. The van der Waals surface area contributed by atoms with Crippen molar-refractivity contribution in [2.45, 2.75) is 39.2 Å². The van der Waals surface area contributed by atoms with E-state index < -0.39 is 0 Å². The third-order valence-corrected chi connectivity index (χ3v) is 6.35. The fourth-order valence-electron chi connectivity index (χ4n) is 4.52. The number of nitrogens with zero attached hydrogens (tertiary/aromatic N) is 3. The van der Waals surface area contributed by atoms with Crippen LogP contribution in [0.25, 0.3) is 5.69 Å². The zero-order valence-corrected chi connectivity index (χ0v) is 19.2. The number of carbonyl (C=O) groups is 1. The van der Waals surface area contributed by atoms with Crippen molar-refractivity contribution >= 4 is 5.91 Å². The number of aryl methyl sites for hydroxylation is 1. The molecule has 1 amide bonds. The third kappa shape index (κ3) is 4.86. The third-order valence-electron chi connectivity index (χ3n) is 6.35. The van der Waals surface area contributed by atoms with E-state index in [1.165, 1.54) is 18.4 Å². The monoisotopic (exact) mass is 432 g/mol. The number of hydrogen-bond acceptors (Lipinski definition) is 4. The topological polar surface area (TPSA) is 59.4 Å². The van der Waals surface area contributed by atoms with Gasteiger partial charge in [0.15, 0.2) is 0 Å². The normalized spacial score (nSPS) is 15.0. The Kier molecular flexibility index (Phi) is 6.90. The number of ether oxygens (including phenoxy) is 1. The number of amides is 1. The fraction of sp³-hybridized carbons (Fsp3) is 0.385. The number of benzene rings is 2. The second-order valence-corrected chi connectivity index (χ2v) is 8.41. The van der Waals surface area contributed by atoms with Crippen LogP contribution >= 0.6 is 0 Å². The molecule has 0 radical (unpaired) electrons. The van der Waals surface area contributed by atoms with E-state index in [4.69, 9.17) is 4.74 Å². The van der Waals surface area contributed by atoms with E-state index in [0.717, 1.165) is 41.5 Å². The number of carbonyl (C=O) groups excluding carboxylic acids is 1. The lowest BCUT2D eigenvalue weighted by atomic mass is 10.0.